The van der Waals surface area contributed by atoms with Gasteiger partial charge in [-0.1, -0.05) is 13.0 Å². The first-order valence-corrected chi connectivity index (χ1v) is 7.49. The van der Waals surface area contributed by atoms with Crippen LogP contribution < -0.4 is 5.32 Å². The number of benzene rings is 1. The van der Waals surface area contributed by atoms with E-state index in [1.165, 1.54) is 12.1 Å². The Morgan fingerprint density at radius 3 is 2.17 bits per heavy atom. The molecule has 1 aromatic rings. The van der Waals surface area contributed by atoms with Gasteiger partial charge in [-0.15, -0.1) is 0 Å². The number of halogens is 6. The van der Waals surface area contributed by atoms with Gasteiger partial charge in [-0.05, 0) is 49.4 Å². The maximum Gasteiger partial charge on any atom is 0.408 e. The van der Waals surface area contributed by atoms with Crippen molar-refractivity contribution in [3.8, 4) is 0 Å². The lowest BCUT2D eigenvalue weighted by molar-refractivity contribution is -0.160. The van der Waals surface area contributed by atoms with Gasteiger partial charge in [0, 0.05) is 5.56 Å². The molecule has 0 aliphatic heterocycles. The Labute approximate surface area is 135 Å². The molecule has 1 fully saturated rings. The van der Waals surface area contributed by atoms with Crippen LogP contribution in [0.1, 0.15) is 48.2 Å². The Hall–Kier alpha value is -1.73. The third-order valence-corrected chi connectivity index (χ3v) is 4.35. The summed E-state index contributed by atoms with van der Waals surface area (Å²) in [7, 11) is 0. The van der Waals surface area contributed by atoms with Crippen molar-refractivity contribution in [3.63, 3.8) is 0 Å². The zero-order valence-electron chi connectivity index (χ0n) is 13.1. The van der Waals surface area contributed by atoms with Gasteiger partial charge in [-0.3, -0.25) is 4.79 Å². The average molecular weight is 353 g/mol. The molecule has 1 aliphatic carbocycles. The second-order valence-corrected chi connectivity index (χ2v) is 6.09. The summed E-state index contributed by atoms with van der Waals surface area (Å²) in [4.78, 5) is 12.0. The molecule has 1 atom stereocenters. The first kappa shape index (κ1) is 18.6. The number of hydrogen-bond acceptors (Lipinski definition) is 1. The standard InChI is InChI=1S/C16H17F6NO/c1-3-10-6-11(13(24)23-9(2)15(17,18)19)8-12(7-10)14(4-5-14)16(20,21)22/h6-9H,3-5H2,1-2H3,(H,23,24). The fraction of sp³-hybridized carbons (Fsp3) is 0.562. The van der Waals surface area contributed by atoms with E-state index >= 15 is 0 Å². The van der Waals surface area contributed by atoms with Crippen molar-refractivity contribution in [3.05, 3.63) is 34.9 Å². The lowest BCUT2D eigenvalue weighted by atomic mass is 9.91. The molecule has 0 aromatic heterocycles. The maximum absolute atomic E-state index is 13.3. The lowest BCUT2D eigenvalue weighted by Crippen LogP contribution is -2.43. The highest BCUT2D eigenvalue weighted by Crippen LogP contribution is 2.59. The number of amides is 1. The van der Waals surface area contributed by atoms with Crippen molar-refractivity contribution in [2.24, 2.45) is 0 Å². The van der Waals surface area contributed by atoms with Gasteiger partial charge >= 0.3 is 12.4 Å². The summed E-state index contributed by atoms with van der Waals surface area (Å²) in [6.45, 7) is 2.48. The van der Waals surface area contributed by atoms with E-state index in [1.54, 1.807) is 12.2 Å². The van der Waals surface area contributed by atoms with Crippen molar-refractivity contribution >= 4 is 5.91 Å². The first-order chi connectivity index (χ1) is 10.9. The number of alkyl halides is 6. The second kappa shape index (κ2) is 5.97. The third kappa shape index (κ3) is 3.52. The van der Waals surface area contributed by atoms with Crippen LogP contribution in [0.2, 0.25) is 0 Å². The van der Waals surface area contributed by atoms with Crippen molar-refractivity contribution < 1.29 is 31.1 Å². The van der Waals surface area contributed by atoms with E-state index in [-0.39, 0.29) is 24.0 Å². The molecule has 1 N–H and O–H groups in total. The topological polar surface area (TPSA) is 29.1 Å². The molecule has 24 heavy (non-hydrogen) atoms. The number of carbonyl (C=O) groups excluding carboxylic acids is 1. The van der Waals surface area contributed by atoms with Crippen LogP contribution in [0.3, 0.4) is 0 Å². The van der Waals surface area contributed by atoms with Crippen LogP contribution in [0.15, 0.2) is 18.2 Å². The molecule has 1 saturated carbocycles. The fourth-order valence-corrected chi connectivity index (χ4v) is 2.53. The number of rotatable bonds is 4. The second-order valence-electron chi connectivity index (χ2n) is 6.09. The minimum atomic E-state index is -4.62. The predicted octanol–water partition coefficient (Wildman–Crippen LogP) is 4.52. The Morgan fingerprint density at radius 2 is 1.75 bits per heavy atom. The zero-order valence-corrected chi connectivity index (χ0v) is 13.1. The van der Waals surface area contributed by atoms with Gasteiger partial charge in [0.25, 0.3) is 5.91 Å². The first-order valence-electron chi connectivity index (χ1n) is 7.49. The summed E-state index contributed by atoms with van der Waals surface area (Å²) in [6.07, 6.45) is -8.86. The monoisotopic (exact) mass is 353 g/mol. The van der Waals surface area contributed by atoms with E-state index in [4.69, 9.17) is 0 Å². The molecule has 8 heteroatoms. The number of carbonyl (C=O) groups is 1. The Bertz CT molecular complexity index is 630. The van der Waals surface area contributed by atoms with E-state index in [0.29, 0.717) is 12.0 Å². The molecular formula is C16H17F6NO. The van der Waals surface area contributed by atoms with Gasteiger partial charge < -0.3 is 5.32 Å². The van der Waals surface area contributed by atoms with Gasteiger partial charge in [0.2, 0.25) is 0 Å². The number of aryl methyl sites for hydroxylation is 1. The van der Waals surface area contributed by atoms with E-state index in [2.05, 4.69) is 0 Å². The molecule has 1 aromatic carbocycles. The number of hydrogen-bond donors (Lipinski definition) is 1. The van der Waals surface area contributed by atoms with Gasteiger partial charge in [0.1, 0.15) is 6.04 Å². The highest BCUT2D eigenvalue weighted by atomic mass is 19.4. The van der Waals surface area contributed by atoms with Crippen molar-refractivity contribution in [1.82, 2.24) is 5.32 Å². The molecule has 0 saturated heterocycles. The minimum Gasteiger partial charge on any atom is -0.341 e. The highest BCUT2D eigenvalue weighted by molar-refractivity contribution is 5.95. The Morgan fingerprint density at radius 1 is 1.17 bits per heavy atom. The van der Waals surface area contributed by atoms with E-state index < -0.39 is 29.7 Å². The molecular weight excluding hydrogens is 336 g/mol. The van der Waals surface area contributed by atoms with Crippen molar-refractivity contribution in [1.29, 1.82) is 0 Å². The molecule has 134 valence electrons. The van der Waals surface area contributed by atoms with Crippen LogP contribution in [0.4, 0.5) is 26.3 Å². The van der Waals surface area contributed by atoms with Crippen molar-refractivity contribution in [2.45, 2.75) is 56.9 Å². The summed E-state index contributed by atoms with van der Waals surface area (Å²) in [5.74, 6) is -1.03. The third-order valence-electron chi connectivity index (χ3n) is 4.35. The van der Waals surface area contributed by atoms with E-state index in [1.807, 2.05) is 0 Å². The molecule has 0 heterocycles. The molecule has 1 unspecified atom stereocenters. The number of nitrogens with one attached hydrogen (secondary N) is 1. The van der Waals surface area contributed by atoms with Crippen LogP contribution in [-0.4, -0.2) is 24.3 Å². The Kier molecular flexibility index (Phi) is 4.63. The van der Waals surface area contributed by atoms with Gasteiger partial charge in [-0.2, -0.15) is 26.3 Å². The van der Waals surface area contributed by atoms with E-state index in [0.717, 1.165) is 13.0 Å². The Balaban J connectivity index is 2.35. The molecule has 0 radical (unpaired) electrons. The predicted molar refractivity (Wildman–Crippen MR) is 75.8 cm³/mol. The van der Waals surface area contributed by atoms with Gasteiger partial charge in [0.15, 0.2) is 0 Å². The lowest BCUT2D eigenvalue weighted by Gasteiger charge is -2.22. The molecule has 2 rings (SSSR count). The zero-order chi connectivity index (χ0) is 18.3. The smallest absolute Gasteiger partial charge is 0.341 e. The van der Waals surface area contributed by atoms with Crippen LogP contribution in [0.5, 0.6) is 0 Å². The molecule has 2 nitrogen and oxygen atoms in total. The largest absolute Gasteiger partial charge is 0.408 e. The summed E-state index contributed by atoms with van der Waals surface area (Å²) in [5.41, 5.74) is -1.74. The van der Waals surface area contributed by atoms with Gasteiger partial charge in [-0.25, -0.2) is 0 Å². The molecule has 0 bridgehead atoms. The quantitative estimate of drug-likeness (QED) is 0.792. The van der Waals surface area contributed by atoms with Gasteiger partial charge in [0.05, 0.1) is 5.41 Å². The normalized spacial score (nSPS) is 18.2. The molecule has 0 spiro atoms. The average Bonchev–Trinajstić information content (AvgIpc) is 3.26. The van der Waals surface area contributed by atoms with Crippen LogP contribution in [0, 0.1) is 0 Å². The highest BCUT2D eigenvalue weighted by Gasteiger charge is 2.64. The fourth-order valence-electron chi connectivity index (χ4n) is 2.53. The van der Waals surface area contributed by atoms with Crippen LogP contribution in [0.25, 0.3) is 0 Å². The molecule has 1 amide bonds. The van der Waals surface area contributed by atoms with Crippen LogP contribution in [-0.2, 0) is 11.8 Å². The molecule has 1 aliphatic rings. The minimum absolute atomic E-state index is 0.0563. The van der Waals surface area contributed by atoms with Crippen LogP contribution >= 0.6 is 0 Å². The summed E-state index contributed by atoms with van der Waals surface area (Å²) in [5, 5.41) is 1.78. The van der Waals surface area contributed by atoms with Crippen molar-refractivity contribution in [2.75, 3.05) is 0 Å². The van der Waals surface area contributed by atoms with E-state index in [9.17, 15) is 31.1 Å². The summed E-state index contributed by atoms with van der Waals surface area (Å²) < 4.78 is 77.4. The summed E-state index contributed by atoms with van der Waals surface area (Å²) in [6, 6.07) is 1.67. The maximum atomic E-state index is 13.3. The summed E-state index contributed by atoms with van der Waals surface area (Å²) >= 11 is 0. The SMILES string of the molecule is CCc1cc(C(=O)NC(C)C(F)(F)F)cc(C2(C(F)(F)F)CC2)c1.